The SMILES string of the molecule is Cn1c2ccccc2c2c3ccccc3sc21. The highest BCUT2D eigenvalue weighted by Crippen LogP contribution is 2.39. The van der Waals surface area contributed by atoms with E-state index in [2.05, 4.69) is 60.1 Å². The van der Waals surface area contributed by atoms with Gasteiger partial charge in [0.1, 0.15) is 4.83 Å². The molecule has 0 unspecified atom stereocenters. The fourth-order valence-corrected chi connectivity index (χ4v) is 3.81. The van der Waals surface area contributed by atoms with E-state index in [9.17, 15) is 0 Å². The highest BCUT2D eigenvalue weighted by atomic mass is 32.1. The molecule has 1 nitrogen and oxygen atoms in total. The molecule has 0 N–H and O–H groups in total. The zero-order chi connectivity index (χ0) is 11.4. The first-order chi connectivity index (χ1) is 8.36. The summed E-state index contributed by atoms with van der Waals surface area (Å²) >= 11 is 1.88. The second-order valence-corrected chi connectivity index (χ2v) is 5.39. The third kappa shape index (κ3) is 1.08. The molecule has 4 rings (SSSR count). The van der Waals surface area contributed by atoms with Crippen molar-refractivity contribution in [3.05, 3.63) is 48.5 Å². The summed E-state index contributed by atoms with van der Waals surface area (Å²) in [4.78, 5) is 1.37. The van der Waals surface area contributed by atoms with Gasteiger partial charge in [-0.2, -0.15) is 0 Å². The van der Waals surface area contributed by atoms with Gasteiger partial charge in [0.2, 0.25) is 0 Å². The van der Waals surface area contributed by atoms with Crippen molar-refractivity contribution in [1.29, 1.82) is 0 Å². The Morgan fingerprint density at radius 3 is 2.47 bits per heavy atom. The zero-order valence-corrected chi connectivity index (χ0v) is 10.3. The van der Waals surface area contributed by atoms with Crippen molar-refractivity contribution in [3.63, 3.8) is 0 Å². The lowest BCUT2D eigenvalue weighted by Gasteiger charge is -1.95. The first-order valence-corrected chi connectivity index (χ1v) is 6.52. The van der Waals surface area contributed by atoms with E-state index in [-0.39, 0.29) is 0 Å². The molecule has 0 aliphatic heterocycles. The standard InChI is InChI=1S/C15H11NS/c1-16-12-8-4-2-6-10(12)14-11-7-3-5-9-13(11)17-15(14)16/h2-9H,1H3. The Morgan fingerprint density at radius 1 is 0.882 bits per heavy atom. The Morgan fingerprint density at radius 2 is 1.59 bits per heavy atom. The van der Waals surface area contributed by atoms with E-state index in [1.807, 2.05) is 11.3 Å². The summed E-state index contributed by atoms with van der Waals surface area (Å²) in [5.74, 6) is 0. The number of rotatable bonds is 0. The van der Waals surface area contributed by atoms with Gasteiger partial charge in [-0.15, -0.1) is 11.3 Å². The predicted molar refractivity (Wildman–Crippen MR) is 75.8 cm³/mol. The van der Waals surface area contributed by atoms with E-state index in [1.165, 1.54) is 31.2 Å². The van der Waals surface area contributed by atoms with Crippen molar-refractivity contribution < 1.29 is 0 Å². The lowest BCUT2D eigenvalue weighted by molar-refractivity contribution is 1.02. The van der Waals surface area contributed by atoms with Gasteiger partial charge in [0.05, 0.1) is 0 Å². The zero-order valence-electron chi connectivity index (χ0n) is 9.47. The molecular formula is C15H11NS. The quantitative estimate of drug-likeness (QED) is 0.423. The summed E-state index contributed by atoms with van der Waals surface area (Å²) in [5, 5.41) is 4.15. The van der Waals surface area contributed by atoms with Crippen molar-refractivity contribution in [2.45, 2.75) is 0 Å². The molecule has 0 bridgehead atoms. The first kappa shape index (κ1) is 9.25. The first-order valence-electron chi connectivity index (χ1n) is 5.71. The molecule has 2 heteroatoms. The maximum Gasteiger partial charge on any atom is 0.104 e. The molecule has 2 aromatic heterocycles. The summed E-state index contributed by atoms with van der Waals surface area (Å²) in [6.45, 7) is 0. The normalized spacial score (nSPS) is 11.8. The van der Waals surface area contributed by atoms with Gasteiger partial charge >= 0.3 is 0 Å². The molecule has 17 heavy (non-hydrogen) atoms. The lowest BCUT2D eigenvalue weighted by Crippen LogP contribution is -1.83. The van der Waals surface area contributed by atoms with E-state index in [1.54, 1.807) is 0 Å². The number of thiophene rings is 1. The van der Waals surface area contributed by atoms with Crippen molar-refractivity contribution >= 4 is 42.5 Å². The van der Waals surface area contributed by atoms with Gasteiger partial charge in [-0.25, -0.2) is 0 Å². The van der Waals surface area contributed by atoms with Crippen molar-refractivity contribution in [2.75, 3.05) is 0 Å². The van der Waals surface area contributed by atoms with Gasteiger partial charge < -0.3 is 4.57 Å². The van der Waals surface area contributed by atoms with Crippen LogP contribution in [0.25, 0.3) is 31.2 Å². The minimum Gasteiger partial charge on any atom is -0.335 e. The molecule has 4 aromatic rings. The van der Waals surface area contributed by atoms with Crippen LogP contribution in [0.3, 0.4) is 0 Å². The Kier molecular flexibility index (Phi) is 1.69. The number of hydrogen-bond donors (Lipinski definition) is 0. The minimum absolute atomic E-state index is 1.32. The Bertz CT molecular complexity index is 851. The van der Waals surface area contributed by atoms with Gasteiger partial charge in [0.25, 0.3) is 0 Å². The third-order valence-corrected chi connectivity index (χ3v) is 4.66. The average molecular weight is 237 g/mol. The van der Waals surface area contributed by atoms with E-state index in [0.717, 1.165) is 0 Å². The molecule has 0 aliphatic carbocycles. The second-order valence-electron chi connectivity index (χ2n) is 4.35. The van der Waals surface area contributed by atoms with Crippen LogP contribution < -0.4 is 0 Å². The van der Waals surface area contributed by atoms with Gasteiger partial charge in [0, 0.05) is 33.4 Å². The van der Waals surface area contributed by atoms with Crippen LogP contribution in [-0.4, -0.2) is 4.57 Å². The van der Waals surface area contributed by atoms with Crippen LogP contribution in [0.5, 0.6) is 0 Å². The summed E-state index contributed by atoms with van der Waals surface area (Å²) in [7, 11) is 2.15. The lowest BCUT2D eigenvalue weighted by atomic mass is 10.1. The highest BCUT2D eigenvalue weighted by molar-refractivity contribution is 7.25. The van der Waals surface area contributed by atoms with Gasteiger partial charge in [-0.05, 0) is 12.1 Å². The summed E-state index contributed by atoms with van der Waals surface area (Å²) in [5.41, 5.74) is 1.32. The van der Waals surface area contributed by atoms with Gasteiger partial charge in [-0.3, -0.25) is 0 Å². The van der Waals surface area contributed by atoms with Crippen LogP contribution in [0.4, 0.5) is 0 Å². The molecule has 0 atom stereocenters. The van der Waals surface area contributed by atoms with Crippen molar-refractivity contribution in [2.24, 2.45) is 7.05 Å². The third-order valence-electron chi connectivity index (χ3n) is 3.42. The van der Waals surface area contributed by atoms with Crippen LogP contribution in [0.1, 0.15) is 0 Å². The summed E-state index contributed by atoms with van der Waals surface area (Å²) in [6, 6.07) is 17.3. The fourth-order valence-electron chi connectivity index (χ4n) is 2.62. The molecule has 0 radical (unpaired) electrons. The summed E-state index contributed by atoms with van der Waals surface area (Å²) < 4.78 is 3.67. The number of fused-ring (bicyclic) bond motifs is 5. The van der Waals surface area contributed by atoms with Crippen LogP contribution in [0.2, 0.25) is 0 Å². The molecule has 0 saturated carbocycles. The highest BCUT2D eigenvalue weighted by Gasteiger charge is 2.12. The maximum atomic E-state index is 2.30. The molecule has 0 fully saturated rings. The molecule has 2 heterocycles. The number of para-hydroxylation sites is 1. The molecule has 0 spiro atoms. The maximum absolute atomic E-state index is 2.30. The van der Waals surface area contributed by atoms with Crippen molar-refractivity contribution in [3.8, 4) is 0 Å². The smallest absolute Gasteiger partial charge is 0.104 e. The van der Waals surface area contributed by atoms with E-state index >= 15 is 0 Å². The van der Waals surface area contributed by atoms with Crippen LogP contribution >= 0.6 is 11.3 Å². The summed E-state index contributed by atoms with van der Waals surface area (Å²) in [6.07, 6.45) is 0. The fraction of sp³-hybridized carbons (Fsp3) is 0.0667. The van der Waals surface area contributed by atoms with Crippen LogP contribution in [0, 0.1) is 0 Å². The average Bonchev–Trinajstić information content (AvgIpc) is 2.88. The van der Waals surface area contributed by atoms with E-state index < -0.39 is 0 Å². The molecule has 0 saturated heterocycles. The minimum atomic E-state index is 1.32. The number of hydrogen-bond acceptors (Lipinski definition) is 1. The van der Waals surface area contributed by atoms with Crippen molar-refractivity contribution in [1.82, 2.24) is 4.57 Å². The number of nitrogens with zero attached hydrogens (tertiary/aromatic N) is 1. The Labute approximate surface area is 103 Å². The van der Waals surface area contributed by atoms with Gasteiger partial charge in [-0.1, -0.05) is 36.4 Å². The predicted octanol–water partition coefficient (Wildman–Crippen LogP) is 4.55. The molecule has 82 valence electrons. The largest absolute Gasteiger partial charge is 0.335 e. The monoisotopic (exact) mass is 237 g/mol. The number of benzene rings is 2. The Balaban J connectivity index is 2.41. The number of aromatic nitrogens is 1. The van der Waals surface area contributed by atoms with Crippen LogP contribution in [-0.2, 0) is 7.05 Å². The Hall–Kier alpha value is -1.80. The van der Waals surface area contributed by atoms with E-state index in [4.69, 9.17) is 0 Å². The molecule has 2 aromatic carbocycles. The van der Waals surface area contributed by atoms with E-state index in [0.29, 0.717) is 0 Å². The van der Waals surface area contributed by atoms with Crippen LogP contribution in [0.15, 0.2) is 48.5 Å². The molecule has 0 amide bonds. The second kappa shape index (κ2) is 3.11. The topological polar surface area (TPSA) is 4.93 Å². The number of aryl methyl sites for hydroxylation is 1. The molecule has 0 aliphatic rings. The molecular weight excluding hydrogens is 226 g/mol. The van der Waals surface area contributed by atoms with Gasteiger partial charge in [0.15, 0.2) is 0 Å².